The summed E-state index contributed by atoms with van der Waals surface area (Å²) in [7, 11) is 0. The molecule has 0 radical (unpaired) electrons. The fourth-order valence-corrected chi connectivity index (χ4v) is 3.78. The highest BCUT2D eigenvalue weighted by Crippen LogP contribution is 2.33. The molecule has 0 bridgehead atoms. The number of nitrogens with zero attached hydrogens (tertiary/aromatic N) is 2. The Balaban J connectivity index is 1.77. The van der Waals surface area contributed by atoms with Crippen molar-refractivity contribution in [2.45, 2.75) is 46.2 Å². The predicted molar refractivity (Wildman–Crippen MR) is 116 cm³/mol. The number of aromatic nitrogens is 1. The third kappa shape index (κ3) is 5.02. The summed E-state index contributed by atoms with van der Waals surface area (Å²) in [5.74, 6) is 0. The van der Waals surface area contributed by atoms with Crippen LogP contribution in [0.1, 0.15) is 48.6 Å². The minimum Gasteiger partial charge on any atom is -0.395 e. The summed E-state index contributed by atoms with van der Waals surface area (Å²) in [5, 5.41) is 3.85. The Morgan fingerprint density at radius 1 is 1.26 bits per heavy atom. The lowest BCUT2D eigenvalue weighted by atomic mass is 10.1. The second-order valence-electron chi connectivity index (χ2n) is 7.16. The third-order valence-corrected chi connectivity index (χ3v) is 5.29. The van der Waals surface area contributed by atoms with Gasteiger partial charge in [0.05, 0.1) is 11.4 Å². The fraction of sp³-hybridized carbons (Fsp3) is 0.409. The van der Waals surface area contributed by atoms with Gasteiger partial charge in [-0.3, -0.25) is 4.90 Å². The second-order valence-corrected chi connectivity index (χ2v) is 7.52. The topological polar surface area (TPSA) is 54.2 Å². The summed E-state index contributed by atoms with van der Waals surface area (Å²) < 4.78 is 0. The number of likely N-dealkylation sites (tertiary alicyclic amines) is 1. The highest BCUT2D eigenvalue weighted by Gasteiger charge is 2.14. The maximum atomic E-state index is 6.23. The highest BCUT2D eigenvalue weighted by molar-refractivity contribution is 6.32. The summed E-state index contributed by atoms with van der Waals surface area (Å²) in [6.07, 6.45) is 7.77. The van der Waals surface area contributed by atoms with Crippen molar-refractivity contribution in [2.75, 3.05) is 24.1 Å². The van der Waals surface area contributed by atoms with Gasteiger partial charge in [0.1, 0.15) is 0 Å². The van der Waals surface area contributed by atoms with Crippen molar-refractivity contribution in [3.63, 3.8) is 0 Å². The molecule has 0 unspecified atom stereocenters. The Hall–Kier alpha value is -2.04. The van der Waals surface area contributed by atoms with Crippen molar-refractivity contribution >= 4 is 29.1 Å². The minimum absolute atomic E-state index is 0.353. The molecule has 2 heterocycles. The Kier molecular flexibility index (Phi) is 6.75. The molecule has 4 nitrogen and oxygen atoms in total. The quantitative estimate of drug-likeness (QED) is 0.639. The second kappa shape index (κ2) is 9.25. The molecule has 3 N–H and O–H groups in total. The minimum atomic E-state index is 0.353. The molecule has 27 heavy (non-hydrogen) atoms. The van der Waals surface area contributed by atoms with E-state index in [2.05, 4.69) is 58.5 Å². The van der Waals surface area contributed by atoms with Crippen LogP contribution in [0.15, 0.2) is 30.3 Å². The molecule has 3 rings (SSSR count). The van der Waals surface area contributed by atoms with Crippen LogP contribution in [0.3, 0.4) is 0 Å². The van der Waals surface area contributed by atoms with Crippen LogP contribution in [0.25, 0.3) is 6.08 Å². The van der Waals surface area contributed by atoms with E-state index in [-0.39, 0.29) is 0 Å². The van der Waals surface area contributed by atoms with E-state index >= 15 is 0 Å². The number of halogens is 1. The first-order valence-electron chi connectivity index (χ1n) is 9.74. The van der Waals surface area contributed by atoms with Crippen LogP contribution in [0.4, 0.5) is 11.4 Å². The van der Waals surface area contributed by atoms with Crippen LogP contribution in [0, 0.1) is 6.92 Å². The van der Waals surface area contributed by atoms with E-state index in [0.29, 0.717) is 17.4 Å². The number of aryl methyl sites for hydroxylation is 1. The van der Waals surface area contributed by atoms with E-state index in [1.807, 2.05) is 6.92 Å². The molecule has 1 aliphatic rings. The third-order valence-electron chi connectivity index (χ3n) is 5.00. The van der Waals surface area contributed by atoms with Crippen LogP contribution in [0.5, 0.6) is 0 Å². The van der Waals surface area contributed by atoms with Crippen LogP contribution in [-0.4, -0.2) is 23.0 Å². The van der Waals surface area contributed by atoms with Crippen molar-refractivity contribution in [2.24, 2.45) is 0 Å². The van der Waals surface area contributed by atoms with Gasteiger partial charge in [-0.15, -0.1) is 0 Å². The van der Waals surface area contributed by atoms with Gasteiger partial charge in [0.15, 0.2) is 5.15 Å². The van der Waals surface area contributed by atoms with Crippen molar-refractivity contribution in [3.05, 3.63) is 57.9 Å². The van der Waals surface area contributed by atoms with E-state index in [9.17, 15) is 0 Å². The molecular weight excluding hydrogens is 356 g/mol. The molecular formula is C22H29ClN4. The van der Waals surface area contributed by atoms with E-state index in [1.165, 1.54) is 37.1 Å². The summed E-state index contributed by atoms with van der Waals surface area (Å²) >= 11 is 6.22. The lowest BCUT2D eigenvalue weighted by Crippen LogP contribution is -2.18. The zero-order valence-electron chi connectivity index (χ0n) is 16.3. The van der Waals surface area contributed by atoms with Crippen LogP contribution in [0.2, 0.25) is 5.15 Å². The standard InChI is InChI=1S/C22H29ClN4/c1-3-4-10-19-16(2)26-22(23)20(24)21(19)25-14-17-8-7-9-18(13-17)15-27-11-5-6-12-27/h4,7-10,13H,3,5-6,11-12,14-15,24H2,1-2H3,(H,25,26)/b10-4-. The lowest BCUT2D eigenvalue weighted by molar-refractivity contribution is 0.331. The lowest BCUT2D eigenvalue weighted by Gasteiger charge is -2.17. The van der Waals surface area contributed by atoms with E-state index in [0.717, 1.165) is 29.9 Å². The number of nitrogens with one attached hydrogen (secondary N) is 1. The SMILES string of the molecule is CC/C=C\c1c(C)nc(Cl)c(N)c1NCc1cccc(CN2CCCC2)c1. The monoisotopic (exact) mass is 384 g/mol. The first kappa shape index (κ1) is 19.7. The first-order valence-corrected chi connectivity index (χ1v) is 10.1. The molecule has 1 aromatic heterocycles. The number of hydrogen-bond acceptors (Lipinski definition) is 4. The molecule has 1 saturated heterocycles. The van der Waals surface area contributed by atoms with Crippen molar-refractivity contribution < 1.29 is 0 Å². The maximum Gasteiger partial charge on any atom is 0.154 e. The van der Waals surface area contributed by atoms with Crippen molar-refractivity contribution in [1.82, 2.24) is 9.88 Å². The predicted octanol–water partition coefficient (Wildman–Crippen LogP) is 5.26. The van der Waals surface area contributed by atoms with Gasteiger partial charge in [0.25, 0.3) is 0 Å². The van der Waals surface area contributed by atoms with Gasteiger partial charge < -0.3 is 11.1 Å². The molecule has 0 saturated carbocycles. The molecule has 1 fully saturated rings. The van der Waals surface area contributed by atoms with Gasteiger partial charge in [0, 0.05) is 24.3 Å². The molecule has 0 amide bonds. The van der Waals surface area contributed by atoms with Crippen LogP contribution < -0.4 is 11.1 Å². The van der Waals surface area contributed by atoms with Crippen LogP contribution in [-0.2, 0) is 13.1 Å². The Labute approximate surface area is 167 Å². The highest BCUT2D eigenvalue weighted by atomic mass is 35.5. The molecule has 2 aromatic rings. The maximum absolute atomic E-state index is 6.23. The average molecular weight is 385 g/mol. The Bertz CT molecular complexity index is 810. The molecule has 5 heteroatoms. The first-order chi connectivity index (χ1) is 13.1. The zero-order chi connectivity index (χ0) is 19.2. The molecule has 144 valence electrons. The van der Waals surface area contributed by atoms with Gasteiger partial charge in [-0.05, 0) is 50.4 Å². The summed E-state index contributed by atoms with van der Waals surface area (Å²) in [6, 6.07) is 8.76. The summed E-state index contributed by atoms with van der Waals surface area (Å²) in [6.45, 7) is 8.22. The average Bonchev–Trinajstić information content (AvgIpc) is 3.16. The Morgan fingerprint density at radius 2 is 2.00 bits per heavy atom. The van der Waals surface area contributed by atoms with Crippen LogP contribution >= 0.6 is 11.6 Å². The molecule has 0 spiro atoms. The number of nitrogen functional groups attached to an aromatic ring is 1. The van der Waals surface area contributed by atoms with Gasteiger partial charge in [-0.2, -0.15) is 0 Å². The normalized spacial score (nSPS) is 14.9. The number of nitrogens with two attached hydrogens (primary N) is 1. The summed E-state index contributed by atoms with van der Waals surface area (Å²) in [4.78, 5) is 6.87. The number of rotatable bonds is 7. The number of benzene rings is 1. The van der Waals surface area contributed by atoms with Crippen molar-refractivity contribution in [1.29, 1.82) is 0 Å². The summed E-state index contributed by atoms with van der Waals surface area (Å²) in [5.41, 5.74) is 12.1. The Morgan fingerprint density at radius 3 is 2.74 bits per heavy atom. The molecule has 1 aromatic carbocycles. The number of anilines is 2. The molecule has 0 atom stereocenters. The van der Waals surface area contributed by atoms with Gasteiger partial charge >= 0.3 is 0 Å². The molecule has 1 aliphatic heterocycles. The zero-order valence-corrected chi connectivity index (χ0v) is 17.0. The van der Waals surface area contributed by atoms with Gasteiger partial charge in [0.2, 0.25) is 0 Å². The van der Waals surface area contributed by atoms with E-state index in [1.54, 1.807) is 0 Å². The van der Waals surface area contributed by atoms with Gasteiger partial charge in [-0.1, -0.05) is 54.9 Å². The largest absolute Gasteiger partial charge is 0.395 e. The number of pyridine rings is 1. The molecule has 0 aliphatic carbocycles. The smallest absolute Gasteiger partial charge is 0.154 e. The van der Waals surface area contributed by atoms with E-state index < -0.39 is 0 Å². The fourth-order valence-electron chi connectivity index (χ4n) is 3.55. The van der Waals surface area contributed by atoms with E-state index in [4.69, 9.17) is 17.3 Å². The van der Waals surface area contributed by atoms with Gasteiger partial charge in [-0.25, -0.2) is 4.98 Å². The number of hydrogen-bond donors (Lipinski definition) is 2. The number of allylic oxidation sites excluding steroid dienone is 1. The van der Waals surface area contributed by atoms with Crippen molar-refractivity contribution in [3.8, 4) is 0 Å².